The Labute approximate surface area is 477 Å². The molecule has 4 saturated carbocycles. The van der Waals surface area contributed by atoms with Crippen LogP contribution in [0.4, 0.5) is 0 Å². The highest BCUT2D eigenvalue weighted by Gasteiger charge is 2.72. The first kappa shape index (κ1) is 63.3. The lowest BCUT2D eigenvalue weighted by molar-refractivity contribution is -0.369. The Morgan fingerprint density at radius 3 is 1.80 bits per heavy atom. The Bertz CT molecular complexity index is 2290. The van der Waals surface area contributed by atoms with Crippen molar-refractivity contribution in [2.24, 2.45) is 50.2 Å². The number of fused-ring (bicyclic) bond motifs is 7. The van der Waals surface area contributed by atoms with Crippen LogP contribution < -0.4 is 0 Å². The van der Waals surface area contributed by atoms with E-state index < -0.39 is 189 Å². The number of carbonyl (C=O) groups is 1. The third-order valence-electron chi connectivity index (χ3n) is 22.3. The van der Waals surface area contributed by atoms with Gasteiger partial charge in [-0.05, 0) is 110 Å². The minimum absolute atomic E-state index is 0.0885. The summed E-state index contributed by atoms with van der Waals surface area (Å²) in [4.78, 5) is 15.4. The van der Waals surface area contributed by atoms with Crippen molar-refractivity contribution in [3.05, 3.63) is 11.6 Å². The summed E-state index contributed by atoms with van der Waals surface area (Å²) >= 11 is 0. The zero-order valence-electron chi connectivity index (χ0n) is 48.1. The van der Waals surface area contributed by atoms with Crippen molar-refractivity contribution in [1.29, 1.82) is 0 Å². The molecule has 10 aliphatic rings. The fourth-order valence-corrected chi connectivity index (χ4v) is 17.1. The van der Waals surface area contributed by atoms with E-state index in [-0.39, 0.29) is 54.1 Å². The maximum atomic E-state index is 15.4. The predicted molar refractivity (Wildman–Crippen MR) is 277 cm³/mol. The van der Waals surface area contributed by atoms with E-state index in [1.54, 1.807) is 0 Å². The number of hydrogen-bond acceptors (Lipinski definition) is 25. The minimum Gasteiger partial charge on any atom is -0.432 e. The van der Waals surface area contributed by atoms with Crippen LogP contribution in [-0.2, 0) is 52.2 Å². The average molecular weight is 1180 g/mol. The zero-order valence-corrected chi connectivity index (χ0v) is 48.1. The van der Waals surface area contributed by atoms with Gasteiger partial charge < -0.3 is 119 Å². The van der Waals surface area contributed by atoms with E-state index in [9.17, 15) is 71.5 Å². The summed E-state index contributed by atoms with van der Waals surface area (Å²) in [6, 6.07) is 0. The first-order valence-electron chi connectivity index (χ1n) is 29.5. The SMILES string of the molecule is CC1OC(OC2C(OC(=O)C34CCC(C)(C)CC3C3=CCC5C6(C)CCC(OC7OC(COC8OCC(O)C(O)C8O)C(O)C(O)C7O)C(C)(C)C6CCC5(C)C3(C)CC4O)OCC(O)C2O)C(O)C(O)C1OC1OCC(O)C(O)C1O. The largest absolute Gasteiger partial charge is 0.432 e. The number of hydrogen-bond donors (Lipinski definition) is 14. The maximum Gasteiger partial charge on any atom is 0.317 e. The molecule has 82 heavy (non-hydrogen) atoms. The van der Waals surface area contributed by atoms with Gasteiger partial charge in [0.2, 0.25) is 6.29 Å². The van der Waals surface area contributed by atoms with Crippen molar-refractivity contribution in [3.8, 4) is 0 Å². The van der Waals surface area contributed by atoms with Crippen LogP contribution >= 0.6 is 0 Å². The predicted octanol–water partition coefficient (Wildman–Crippen LogP) is -2.30. The number of esters is 1. The van der Waals surface area contributed by atoms with Crippen LogP contribution in [0.25, 0.3) is 0 Å². The van der Waals surface area contributed by atoms with Crippen LogP contribution in [0.15, 0.2) is 11.6 Å². The van der Waals surface area contributed by atoms with E-state index >= 15 is 4.79 Å². The Morgan fingerprint density at radius 1 is 0.561 bits per heavy atom. The van der Waals surface area contributed by atoms with Crippen LogP contribution in [0.1, 0.15) is 113 Å². The standard InChI is InChI=1S/C57H92O25/c1-23-44(80-47-41(69)35(63)27(59)20-74-47)39(67)43(71)48(77-23)81-45-36(64)28(60)21-75-50(45)82-51(72)57-16-15-52(2,3)17-25(57)24-9-10-31-54(6)13-12-33(53(4,5)30(54)11-14-55(31,7)56(24,8)18-32(57)61)79-49-42(70)38(66)37(65)29(78-49)22-76-46-40(68)34(62)26(58)19-73-46/h9,23,25-50,58-71H,10-22H2,1-8H3. The second-order valence-electron chi connectivity index (χ2n) is 27.9. The minimum atomic E-state index is -1.89. The van der Waals surface area contributed by atoms with Gasteiger partial charge in [0.25, 0.3) is 0 Å². The molecule has 0 aromatic rings. The van der Waals surface area contributed by atoms with Gasteiger partial charge >= 0.3 is 5.97 Å². The number of carbonyl (C=O) groups excluding carboxylic acids is 1. The van der Waals surface area contributed by atoms with E-state index in [2.05, 4.69) is 54.5 Å². The van der Waals surface area contributed by atoms with Crippen molar-refractivity contribution < 1.29 is 124 Å². The monoisotopic (exact) mass is 1180 g/mol. The number of aliphatic hydroxyl groups is 14. The van der Waals surface area contributed by atoms with Crippen molar-refractivity contribution in [3.63, 3.8) is 0 Å². The molecular weight excluding hydrogens is 1080 g/mol. The fraction of sp³-hybridized carbons (Fsp3) is 0.947. The van der Waals surface area contributed by atoms with E-state index in [4.69, 9.17) is 47.4 Å². The van der Waals surface area contributed by atoms with Crippen LogP contribution in [-0.4, -0.2) is 251 Å². The van der Waals surface area contributed by atoms with Gasteiger partial charge in [0.1, 0.15) is 97.0 Å². The summed E-state index contributed by atoms with van der Waals surface area (Å²) in [6.45, 7) is 15.4. The average Bonchev–Trinajstić information content (AvgIpc) is 0.726. The molecule has 5 aliphatic carbocycles. The second-order valence-corrected chi connectivity index (χ2v) is 27.9. The normalized spacial score (nSPS) is 54.8. The van der Waals surface area contributed by atoms with Gasteiger partial charge in [-0.2, -0.15) is 0 Å². The Balaban J connectivity index is 0.849. The van der Waals surface area contributed by atoms with E-state index in [1.807, 2.05) is 0 Å². The highest BCUT2D eigenvalue weighted by atomic mass is 16.8. The van der Waals surface area contributed by atoms with Crippen molar-refractivity contribution >= 4 is 5.97 Å². The fourth-order valence-electron chi connectivity index (χ4n) is 17.1. The lowest BCUT2D eigenvalue weighted by Crippen LogP contribution is -2.68. The van der Waals surface area contributed by atoms with Gasteiger partial charge in [0, 0.05) is 0 Å². The molecular formula is C57H92O25. The molecule has 9 fully saturated rings. The van der Waals surface area contributed by atoms with E-state index in [0.29, 0.717) is 25.7 Å². The van der Waals surface area contributed by atoms with Crippen LogP contribution in [0.3, 0.4) is 0 Å². The molecule has 0 spiro atoms. The van der Waals surface area contributed by atoms with Crippen LogP contribution in [0.5, 0.6) is 0 Å². The van der Waals surface area contributed by atoms with Crippen LogP contribution in [0, 0.1) is 50.2 Å². The lowest BCUT2D eigenvalue weighted by Gasteiger charge is -2.71. The maximum absolute atomic E-state index is 15.4. The Morgan fingerprint density at radius 2 is 1.13 bits per heavy atom. The number of rotatable bonds is 11. The third kappa shape index (κ3) is 10.5. The van der Waals surface area contributed by atoms with Gasteiger partial charge in [-0.3, -0.25) is 4.79 Å². The molecule has 31 unspecified atom stereocenters. The molecule has 31 atom stereocenters. The van der Waals surface area contributed by atoms with Gasteiger partial charge in [0.15, 0.2) is 31.3 Å². The molecule has 14 N–H and O–H groups in total. The quantitative estimate of drug-likeness (QED) is 0.0588. The molecule has 0 bridgehead atoms. The molecule has 470 valence electrons. The first-order valence-corrected chi connectivity index (χ1v) is 29.5. The molecule has 10 rings (SSSR count). The molecule has 25 heteroatoms. The summed E-state index contributed by atoms with van der Waals surface area (Å²) in [5.41, 5.74) is -2.40. The van der Waals surface area contributed by atoms with Crippen molar-refractivity contribution in [1.82, 2.24) is 0 Å². The van der Waals surface area contributed by atoms with Crippen molar-refractivity contribution in [2.45, 2.75) is 261 Å². The first-order chi connectivity index (χ1) is 38.3. The van der Waals surface area contributed by atoms with Crippen LogP contribution in [0.2, 0.25) is 0 Å². The van der Waals surface area contributed by atoms with E-state index in [1.165, 1.54) is 6.92 Å². The summed E-state index contributed by atoms with van der Waals surface area (Å²) in [5.74, 6) is -1.06. The Hall–Kier alpha value is -1.71. The smallest absolute Gasteiger partial charge is 0.317 e. The number of aliphatic hydroxyl groups excluding tert-OH is 14. The summed E-state index contributed by atoms with van der Waals surface area (Å²) in [7, 11) is 0. The molecule has 0 aromatic heterocycles. The van der Waals surface area contributed by atoms with Gasteiger partial charge in [-0.15, -0.1) is 0 Å². The molecule has 0 aromatic carbocycles. The topological polar surface area (TPSA) is 393 Å². The van der Waals surface area contributed by atoms with Gasteiger partial charge in [-0.25, -0.2) is 0 Å². The second kappa shape index (κ2) is 23.0. The summed E-state index contributed by atoms with van der Waals surface area (Å²) < 4.78 is 59.1. The van der Waals surface area contributed by atoms with Gasteiger partial charge in [0.05, 0.1) is 44.7 Å². The zero-order chi connectivity index (χ0) is 59.7. The molecule has 5 heterocycles. The highest BCUT2D eigenvalue weighted by Crippen LogP contribution is 2.76. The number of ether oxygens (including phenoxy) is 10. The molecule has 5 saturated heterocycles. The van der Waals surface area contributed by atoms with E-state index in [0.717, 1.165) is 24.8 Å². The third-order valence-corrected chi connectivity index (χ3v) is 22.3. The van der Waals surface area contributed by atoms with Crippen molar-refractivity contribution in [2.75, 3.05) is 26.4 Å². The molecule has 25 nitrogen and oxygen atoms in total. The molecule has 5 aliphatic heterocycles. The van der Waals surface area contributed by atoms with Gasteiger partial charge in [-0.1, -0.05) is 60.1 Å². The lowest BCUT2D eigenvalue weighted by atomic mass is 9.33. The number of allylic oxidation sites excluding steroid dienone is 2. The summed E-state index contributed by atoms with van der Waals surface area (Å²) in [6.07, 6.45) is -28.2. The molecule has 0 radical (unpaired) electrons. The summed E-state index contributed by atoms with van der Waals surface area (Å²) in [5, 5.41) is 152. The highest BCUT2D eigenvalue weighted by molar-refractivity contribution is 5.80. The molecule has 0 amide bonds. The Kier molecular flexibility index (Phi) is 17.8.